The zero-order valence-corrected chi connectivity index (χ0v) is 12.8. The van der Waals surface area contributed by atoms with Crippen LogP contribution in [0.5, 0.6) is 0 Å². The lowest BCUT2D eigenvalue weighted by Crippen LogP contribution is -2.37. The first-order valence-electron chi connectivity index (χ1n) is 7.84. The van der Waals surface area contributed by atoms with Crippen molar-refractivity contribution in [3.8, 4) is 0 Å². The van der Waals surface area contributed by atoms with Gasteiger partial charge in [-0.2, -0.15) is 0 Å². The van der Waals surface area contributed by atoms with Gasteiger partial charge < -0.3 is 14.5 Å². The summed E-state index contributed by atoms with van der Waals surface area (Å²) in [7, 11) is 0. The van der Waals surface area contributed by atoms with Gasteiger partial charge >= 0.3 is 5.97 Å². The van der Waals surface area contributed by atoms with E-state index in [0.717, 1.165) is 31.4 Å². The van der Waals surface area contributed by atoms with Gasteiger partial charge in [0.2, 0.25) is 0 Å². The topological polar surface area (TPSA) is 96.5 Å². The molecule has 0 aromatic carbocycles. The maximum absolute atomic E-state index is 13.0. The predicted octanol–water partition coefficient (Wildman–Crippen LogP) is 2.10. The molecule has 0 saturated heterocycles. The van der Waals surface area contributed by atoms with Crippen molar-refractivity contribution in [3.63, 3.8) is 0 Å². The van der Waals surface area contributed by atoms with Crippen LogP contribution >= 0.6 is 0 Å². The lowest BCUT2D eigenvalue weighted by molar-refractivity contribution is -0.137. The number of fused-ring (bicyclic) bond motifs is 1. The fourth-order valence-corrected chi connectivity index (χ4v) is 2.92. The minimum atomic E-state index is -1.000. The van der Waals surface area contributed by atoms with Gasteiger partial charge in [0, 0.05) is 17.7 Å². The molecule has 7 heteroatoms. The van der Waals surface area contributed by atoms with Gasteiger partial charge in [-0.3, -0.25) is 9.59 Å². The van der Waals surface area contributed by atoms with Crippen LogP contribution in [-0.4, -0.2) is 44.6 Å². The molecule has 0 unspecified atom stereocenters. The Bertz CT molecular complexity index is 805. The zero-order chi connectivity index (χ0) is 16.1. The average molecular weight is 315 g/mol. The number of hydrogen-bond donors (Lipinski definition) is 1. The lowest BCUT2D eigenvalue weighted by Gasteiger charge is -2.20. The van der Waals surface area contributed by atoms with Gasteiger partial charge in [0.1, 0.15) is 6.54 Å². The number of carbonyl (C=O) groups is 2. The molecule has 0 bridgehead atoms. The number of carbonyl (C=O) groups excluding carboxylic acids is 1. The Labute approximate surface area is 132 Å². The van der Waals surface area contributed by atoms with Crippen molar-refractivity contribution >= 4 is 23.0 Å². The van der Waals surface area contributed by atoms with E-state index in [1.165, 1.54) is 4.90 Å². The minimum Gasteiger partial charge on any atom is -0.480 e. The summed E-state index contributed by atoms with van der Waals surface area (Å²) in [5, 5.41) is 13.6. The normalized spacial score (nSPS) is 17.4. The van der Waals surface area contributed by atoms with Gasteiger partial charge in [-0.15, -0.1) is 0 Å². The van der Waals surface area contributed by atoms with Crippen LogP contribution in [0.25, 0.3) is 11.1 Å². The smallest absolute Gasteiger partial charge is 0.323 e. The maximum Gasteiger partial charge on any atom is 0.323 e. The SMILES string of the molecule is Cc1noc2nc(C3CC3)cc(C(=O)N(CC(=O)O)C3CC3)c12. The van der Waals surface area contributed by atoms with Crippen LogP contribution in [-0.2, 0) is 4.79 Å². The van der Waals surface area contributed by atoms with Gasteiger partial charge in [-0.25, -0.2) is 4.98 Å². The van der Waals surface area contributed by atoms with E-state index in [9.17, 15) is 9.59 Å². The summed E-state index contributed by atoms with van der Waals surface area (Å²) in [5.41, 5.74) is 2.26. The molecular formula is C16H17N3O4. The van der Waals surface area contributed by atoms with E-state index < -0.39 is 5.97 Å². The third-order valence-corrected chi connectivity index (χ3v) is 4.42. The summed E-state index contributed by atoms with van der Waals surface area (Å²) in [4.78, 5) is 30.0. The summed E-state index contributed by atoms with van der Waals surface area (Å²) in [6, 6.07) is 1.82. The fourth-order valence-electron chi connectivity index (χ4n) is 2.92. The summed E-state index contributed by atoms with van der Waals surface area (Å²) < 4.78 is 5.25. The van der Waals surface area contributed by atoms with E-state index in [1.54, 1.807) is 13.0 Å². The zero-order valence-electron chi connectivity index (χ0n) is 12.8. The third kappa shape index (κ3) is 2.56. The molecule has 0 spiro atoms. The van der Waals surface area contributed by atoms with Crippen LogP contribution in [0.4, 0.5) is 0 Å². The number of pyridine rings is 1. The van der Waals surface area contributed by atoms with Crippen LogP contribution in [0.2, 0.25) is 0 Å². The van der Waals surface area contributed by atoms with E-state index in [0.29, 0.717) is 28.3 Å². The molecule has 7 nitrogen and oxygen atoms in total. The standard InChI is InChI=1S/C16H17N3O4/c1-8-14-11(16(22)19(7-13(20)21)10-4-5-10)6-12(9-2-3-9)17-15(14)23-18-8/h6,9-10H,2-5,7H2,1H3,(H,20,21). The highest BCUT2D eigenvalue weighted by molar-refractivity contribution is 6.07. The molecule has 0 atom stereocenters. The third-order valence-electron chi connectivity index (χ3n) is 4.42. The van der Waals surface area contributed by atoms with Crippen LogP contribution < -0.4 is 0 Å². The lowest BCUT2D eigenvalue weighted by atomic mass is 10.1. The van der Waals surface area contributed by atoms with Crippen LogP contribution in [0.1, 0.15) is 53.3 Å². The van der Waals surface area contributed by atoms with E-state index in [-0.39, 0.29) is 18.5 Å². The monoisotopic (exact) mass is 315 g/mol. The Morgan fingerprint density at radius 1 is 1.35 bits per heavy atom. The summed E-state index contributed by atoms with van der Waals surface area (Å²) in [6.45, 7) is 1.48. The molecule has 4 rings (SSSR count). The summed E-state index contributed by atoms with van der Waals surface area (Å²) >= 11 is 0. The van der Waals surface area contributed by atoms with Crippen molar-refractivity contribution in [2.45, 2.75) is 44.6 Å². The second-order valence-corrected chi connectivity index (χ2v) is 6.38. The highest BCUT2D eigenvalue weighted by Crippen LogP contribution is 2.41. The fraction of sp³-hybridized carbons (Fsp3) is 0.500. The number of nitrogens with zero attached hydrogens (tertiary/aromatic N) is 3. The Kier molecular flexibility index (Phi) is 3.11. The molecule has 2 aromatic heterocycles. The molecule has 23 heavy (non-hydrogen) atoms. The number of amides is 1. The number of aliphatic carboxylic acids is 1. The molecule has 2 aliphatic carbocycles. The van der Waals surface area contributed by atoms with E-state index in [4.69, 9.17) is 9.63 Å². The molecule has 2 aromatic rings. The first-order valence-corrected chi connectivity index (χ1v) is 7.84. The Morgan fingerprint density at radius 2 is 2.09 bits per heavy atom. The molecule has 2 saturated carbocycles. The van der Waals surface area contributed by atoms with Gasteiger partial charge in [-0.1, -0.05) is 5.16 Å². The van der Waals surface area contributed by atoms with Crippen molar-refractivity contribution in [2.24, 2.45) is 0 Å². The van der Waals surface area contributed by atoms with Crippen LogP contribution in [0, 0.1) is 6.92 Å². The van der Waals surface area contributed by atoms with E-state index in [1.807, 2.05) is 0 Å². The Hall–Kier alpha value is -2.44. The van der Waals surface area contributed by atoms with E-state index in [2.05, 4.69) is 10.1 Å². The van der Waals surface area contributed by atoms with Crippen LogP contribution in [0.3, 0.4) is 0 Å². The van der Waals surface area contributed by atoms with Crippen LogP contribution in [0.15, 0.2) is 10.6 Å². The van der Waals surface area contributed by atoms with Gasteiger partial charge in [-0.05, 0) is 38.7 Å². The Morgan fingerprint density at radius 3 is 2.70 bits per heavy atom. The van der Waals surface area contributed by atoms with Gasteiger partial charge in [0.05, 0.1) is 16.6 Å². The number of rotatable bonds is 5. The highest BCUT2D eigenvalue weighted by Gasteiger charge is 2.36. The number of hydrogen-bond acceptors (Lipinski definition) is 5. The molecule has 0 aliphatic heterocycles. The maximum atomic E-state index is 13.0. The minimum absolute atomic E-state index is 0.0198. The second kappa shape index (κ2) is 5.04. The van der Waals surface area contributed by atoms with Crippen molar-refractivity contribution < 1.29 is 19.2 Å². The van der Waals surface area contributed by atoms with Crippen molar-refractivity contribution in [1.29, 1.82) is 0 Å². The van der Waals surface area contributed by atoms with E-state index >= 15 is 0 Å². The number of aromatic nitrogens is 2. The Balaban J connectivity index is 1.80. The van der Waals surface area contributed by atoms with Crippen molar-refractivity contribution in [3.05, 3.63) is 23.0 Å². The molecule has 2 fully saturated rings. The molecule has 1 N–H and O–H groups in total. The largest absolute Gasteiger partial charge is 0.480 e. The van der Waals surface area contributed by atoms with Gasteiger partial charge in [0.15, 0.2) is 0 Å². The molecule has 2 aliphatic rings. The molecule has 0 radical (unpaired) electrons. The summed E-state index contributed by atoms with van der Waals surface area (Å²) in [6.07, 6.45) is 3.82. The molecular weight excluding hydrogens is 298 g/mol. The van der Waals surface area contributed by atoms with Crippen molar-refractivity contribution in [2.75, 3.05) is 6.54 Å². The number of carboxylic acid groups (broad SMARTS) is 1. The van der Waals surface area contributed by atoms with Crippen molar-refractivity contribution in [1.82, 2.24) is 15.0 Å². The first-order chi connectivity index (χ1) is 11.0. The van der Waals surface area contributed by atoms with Gasteiger partial charge in [0.25, 0.3) is 11.6 Å². The number of aryl methyl sites for hydroxylation is 1. The predicted molar refractivity (Wildman–Crippen MR) is 80.2 cm³/mol. The second-order valence-electron chi connectivity index (χ2n) is 6.38. The first kappa shape index (κ1) is 14.2. The quantitative estimate of drug-likeness (QED) is 0.907. The highest BCUT2D eigenvalue weighted by atomic mass is 16.5. The molecule has 120 valence electrons. The average Bonchev–Trinajstić information content (AvgIpc) is 3.42. The molecule has 1 amide bonds. The molecule has 2 heterocycles. The number of carboxylic acids is 1. The summed E-state index contributed by atoms with van der Waals surface area (Å²) in [5.74, 6) is -0.902.